The molecule has 3 heteroatoms. The van der Waals surface area contributed by atoms with Crippen LogP contribution in [0.2, 0.25) is 0 Å². The zero-order valence-electron chi connectivity index (χ0n) is 11.6. The number of aryl methyl sites for hydroxylation is 1. The van der Waals surface area contributed by atoms with Crippen LogP contribution in [0, 0.1) is 0 Å². The summed E-state index contributed by atoms with van der Waals surface area (Å²) in [6, 6.07) is 4.14. The normalized spacial score (nSPS) is 17.1. The highest BCUT2D eigenvalue weighted by atomic mass is 16.5. The van der Waals surface area contributed by atoms with Crippen molar-refractivity contribution in [2.75, 3.05) is 20.8 Å². The molecule has 1 fully saturated rings. The van der Waals surface area contributed by atoms with Gasteiger partial charge in [0.1, 0.15) is 0 Å². The summed E-state index contributed by atoms with van der Waals surface area (Å²) < 4.78 is 11.0. The van der Waals surface area contributed by atoms with Crippen LogP contribution in [0.1, 0.15) is 37.3 Å². The average molecular weight is 249 g/mol. The minimum Gasteiger partial charge on any atom is -0.493 e. The van der Waals surface area contributed by atoms with Gasteiger partial charge in [-0.2, -0.15) is 0 Å². The number of ether oxygens (including phenoxy) is 2. The van der Waals surface area contributed by atoms with Crippen molar-refractivity contribution in [3.05, 3.63) is 23.3 Å². The molecule has 0 saturated heterocycles. The van der Waals surface area contributed by atoms with E-state index in [0.717, 1.165) is 30.8 Å². The molecule has 3 nitrogen and oxygen atoms in total. The molecule has 0 amide bonds. The third kappa shape index (κ3) is 1.87. The van der Waals surface area contributed by atoms with Crippen molar-refractivity contribution in [3.63, 3.8) is 0 Å². The second-order valence-electron chi connectivity index (χ2n) is 5.03. The molecule has 1 aromatic rings. The largest absolute Gasteiger partial charge is 0.493 e. The average Bonchev–Trinajstić information content (AvgIpc) is 2.37. The quantitative estimate of drug-likeness (QED) is 0.872. The van der Waals surface area contributed by atoms with Gasteiger partial charge in [0, 0.05) is 17.5 Å². The summed E-state index contributed by atoms with van der Waals surface area (Å²) in [6.07, 6.45) is 4.55. The maximum atomic E-state index is 6.04. The number of hydrogen-bond donors (Lipinski definition) is 1. The van der Waals surface area contributed by atoms with Crippen molar-refractivity contribution in [3.8, 4) is 11.5 Å². The van der Waals surface area contributed by atoms with Crippen LogP contribution in [-0.2, 0) is 11.8 Å². The fourth-order valence-corrected chi connectivity index (χ4v) is 3.00. The van der Waals surface area contributed by atoms with Gasteiger partial charge in [-0.3, -0.25) is 0 Å². The lowest BCUT2D eigenvalue weighted by molar-refractivity contribution is 0.238. The Morgan fingerprint density at radius 3 is 2.33 bits per heavy atom. The van der Waals surface area contributed by atoms with Gasteiger partial charge in [-0.25, -0.2) is 0 Å². The van der Waals surface area contributed by atoms with Crippen LogP contribution in [0.4, 0.5) is 0 Å². The Morgan fingerprint density at radius 1 is 1.22 bits per heavy atom. The summed E-state index contributed by atoms with van der Waals surface area (Å²) in [4.78, 5) is 0. The van der Waals surface area contributed by atoms with Crippen molar-refractivity contribution in [2.45, 2.75) is 38.0 Å². The molecule has 2 N–H and O–H groups in total. The summed E-state index contributed by atoms with van der Waals surface area (Å²) in [6.45, 7) is 2.86. The van der Waals surface area contributed by atoms with Gasteiger partial charge >= 0.3 is 0 Å². The zero-order chi connectivity index (χ0) is 13.2. The maximum Gasteiger partial charge on any atom is 0.164 e. The molecule has 0 bridgehead atoms. The molecule has 2 rings (SSSR count). The first-order chi connectivity index (χ1) is 8.72. The van der Waals surface area contributed by atoms with Crippen molar-refractivity contribution < 1.29 is 9.47 Å². The van der Waals surface area contributed by atoms with E-state index >= 15 is 0 Å². The molecule has 1 aliphatic rings. The molecule has 1 aliphatic carbocycles. The summed E-state index contributed by atoms with van der Waals surface area (Å²) in [7, 11) is 3.40. The van der Waals surface area contributed by atoms with Crippen LogP contribution >= 0.6 is 0 Å². The highest BCUT2D eigenvalue weighted by molar-refractivity contribution is 5.55. The van der Waals surface area contributed by atoms with Crippen molar-refractivity contribution in [2.24, 2.45) is 5.73 Å². The topological polar surface area (TPSA) is 44.5 Å². The Morgan fingerprint density at radius 2 is 1.94 bits per heavy atom. The summed E-state index contributed by atoms with van der Waals surface area (Å²) in [5.74, 6) is 1.69. The molecule has 0 spiro atoms. The smallest absolute Gasteiger partial charge is 0.164 e. The van der Waals surface area contributed by atoms with E-state index in [1.165, 1.54) is 17.5 Å². The Labute approximate surface area is 109 Å². The molecule has 0 unspecified atom stereocenters. The van der Waals surface area contributed by atoms with E-state index < -0.39 is 0 Å². The monoisotopic (exact) mass is 249 g/mol. The number of nitrogens with two attached hydrogens (primary N) is 1. The zero-order valence-corrected chi connectivity index (χ0v) is 11.6. The van der Waals surface area contributed by atoms with E-state index in [9.17, 15) is 0 Å². The first-order valence-electron chi connectivity index (χ1n) is 6.66. The Bertz CT molecular complexity index is 419. The molecule has 0 atom stereocenters. The van der Waals surface area contributed by atoms with Gasteiger partial charge in [-0.05, 0) is 30.9 Å². The van der Waals surface area contributed by atoms with E-state index in [1.807, 2.05) is 6.07 Å². The van der Waals surface area contributed by atoms with Gasteiger partial charge < -0.3 is 15.2 Å². The first-order valence-corrected chi connectivity index (χ1v) is 6.66. The summed E-state index contributed by atoms with van der Waals surface area (Å²) in [5.41, 5.74) is 8.76. The minimum atomic E-state index is 0.102. The van der Waals surface area contributed by atoms with E-state index in [-0.39, 0.29) is 5.41 Å². The molecule has 1 aromatic carbocycles. The predicted octanol–water partition coefficient (Wildman–Crippen LogP) is 2.65. The van der Waals surface area contributed by atoms with E-state index in [2.05, 4.69) is 13.0 Å². The number of benzene rings is 1. The van der Waals surface area contributed by atoms with Crippen LogP contribution in [0.3, 0.4) is 0 Å². The lowest BCUT2D eigenvalue weighted by Gasteiger charge is -2.43. The molecule has 0 aromatic heterocycles. The van der Waals surface area contributed by atoms with Crippen LogP contribution in [-0.4, -0.2) is 20.8 Å². The second-order valence-corrected chi connectivity index (χ2v) is 5.03. The molecule has 0 aliphatic heterocycles. The SMILES string of the molecule is CCc1ccc(OC)c(OC)c1C1(CN)CCC1. The van der Waals surface area contributed by atoms with Gasteiger partial charge in [0.25, 0.3) is 0 Å². The Kier molecular flexibility index (Phi) is 3.81. The van der Waals surface area contributed by atoms with Crippen molar-refractivity contribution in [1.82, 2.24) is 0 Å². The van der Waals surface area contributed by atoms with Crippen LogP contribution in [0.15, 0.2) is 12.1 Å². The third-order valence-electron chi connectivity index (χ3n) is 4.24. The van der Waals surface area contributed by atoms with Crippen LogP contribution in [0.25, 0.3) is 0 Å². The Balaban J connectivity index is 2.60. The van der Waals surface area contributed by atoms with E-state index in [0.29, 0.717) is 6.54 Å². The molecular formula is C15H23NO2. The standard InChI is InChI=1S/C15H23NO2/c1-4-11-6-7-12(17-2)14(18-3)13(11)15(10-16)8-5-9-15/h6-7H,4-5,8-10,16H2,1-3H3. The fourth-order valence-electron chi connectivity index (χ4n) is 3.00. The molecule has 18 heavy (non-hydrogen) atoms. The maximum absolute atomic E-state index is 6.04. The molecule has 1 saturated carbocycles. The Hall–Kier alpha value is -1.22. The summed E-state index contributed by atoms with van der Waals surface area (Å²) >= 11 is 0. The first kappa shape index (κ1) is 13.2. The fraction of sp³-hybridized carbons (Fsp3) is 0.600. The van der Waals surface area contributed by atoms with Crippen LogP contribution < -0.4 is 15.2 Å². The van der Waals surface area contributed by atoms with Gasteiger partial charge in [0.15, 0.2) is 11.5 Å². The molecule has 0 radical (unpaired) electrons. The lowest BCUT2D eigenvalue weighted by Crippen LogP contribution is -2.42. The number of rotatable bonds is 5. The highest BCUT2D eigenvalue weighted by Crippen LogP contribution is 2.50. The highest BCUT2D eigenvalue weighted by Gasteiger charge is 2.41. The van der Waals surface area contributed by atoms with Crippen molar-refractivity contribution in [1.29, 1.82) is 0 Å². The number of hydrogen-bond acceptors (Lipinski definition) is 3. The van der Waals surface area contributed by atoms with Gasteiger partial charge in [-0.1, -0.05) is 19.4 Å². The van der Waals surface area contributed by atoms with Gasteiger partial charge in [-0.15, -0.1) is 0 Å². The number of methoxy groups -OCH3 is 2. The van der Waals surface area contributed by atoms with Crippen molar-refractivity contribution >= 4 is 0 Å². The molecule has 0 heterocycles. The molecule has 100 valence electrons. The minimum absolute atomic E-state index is 0.102. The van der Waals surface area contributed by atoms with Gasteiger partial charge in [0.05, 0.1) is 14.2 Å². The van der Waals surface area contributed by atoms with E-state index in [1.54, 1.807) is 14.2 Å². The van der Waals surface area contributed by atoms with Gasteiger partial charge in [0.2, 0.25) is 0 Å². The second kappa shape index (κ2) is 5.19. The predicted molar refractivity (Wildman–Crippen MR) is 73.5 cm³/mol. The lowest BCUT2D eigenvalue weighted by atomic mass is 9.63. The van der Waals surface area contributed by atoms with Crippen LogP contribution in [0.5, 0.6) is 11.5 Å². The summed E-state index contributed by atoms with van der Waals surface area (Å²) in [5, 5.41) is 0. The van der Waals surface area contributed by atoms with E-state index in [4.69, 9.17) is 15.2 Å². The molecular weight excluding hydrogens is 226 g/mol. The third-order valence-corrected chi connectivity index (χ3v) is 4.24.